The summed E-state index contributed by atoms with van der Waals surface area (Å²) in [6, 6.07) is 9.47. The molecule has 0 atom stereocenters. The fraction of sp³-hybridized carbons (Fsp3) is 0.188. The van der Waals surface area contributed by atoms with Crippen molar-refractivity contribution in [3.05, 3.63) is 51.0 Å². The predicted molar refractivity (Wildman–Crippen MR) is 85.9 cm³/mol. The van der Waals surface area contributed by atoms with Crippen LogP contribution in [0.4, 0.5) is 0 Å². The van der Waals surface area contributed by atoms with E-state index in [2.05, 4.69) is 22.9 Å². The number of benzene rings is 2. The second-order valence-corrected chi connectivity index (χ2v) is 5.66. The molecule has 2 rings (SSSR count). The van der Waals surface area contributed by atoms with Gasteiger partial charge in [0.2, 0.25) is 0 Å². The van der Waals surface area contributed by atoms with Crippen molar-refractivity contribution in [2.45, 2.75) is 13.3 Å². The Kier molecular flexibility index (Phi) is 4.84. The summed E-state index contributed by atoms with van der Waals surface area (Å²) in [5, 5.41) is 0.507. The Morgan fingerprint density at radius 1 is 1.25 bits per heavy atom. The van der Waals surface area contributed by atoms with Crippen molar-refractivity contribution in [3.8, 4) is 16.9 Å². The van der Waals surface area contributed by atoms with Crippen molar-refractivity contribution in [1.29, 1.82) is 0 Å². The third-order valence-corrected chi connectivity index (χ3v) is 4.01. The number of methoxy groups -OCH3 is 1. The normalized spacial score (nSPS) is 10.4. The number of carbonyl (C=O) groups excluding carboxylic acids is 1. The lowest BCUT2D eigenvalue weighted by atomic mass is 9.97. The van der Waals surface area contributed by atoms with E-state index in [0.717, 1.165) is 33.9 Å². The van der Waals surface area contributed by atoms with Gasteiger partial charge in [-0.15, -0.1) is 0 Å². The van der Waals surface area contributed by atoms with Crippen molar-refractivity contribution in [2.24, 2.45) is 0 Å². The van der Waals surface area contributed by atoms with E-state index < -0.39 is 0 Å². The van der Waals surface area contributed by atoms with Crippen LogP contribution in [0.5, 0.6) is 5.75 Å². The molecule has 0 saturated heterocycles. The van der Waals surface area contributed by atoms with Crippen LogP contribution in [0, 0.1) is 0 Å². The van der Waals surface area contributed by atoms with Crippen LogP contribution in [0.1, 0.15) is 22.8 Å². The van der Waals surface area contributed by atoms with Gasteiger partial charge in [0.1, 0.15) is 5.75 Å². The first-order valence-corrected chi connectivity index (χ1v) is 7.39. The first-order chi connectivity index (χ1) is 9.60. The standard InChI is InChI=1S/C16H14BrClO2/c1-3-10-4-5-11(9-19)13(6-10)14-7-12(17)8-15(20-2)16(14)18/h4-9H,3H2,1-2H3. The van der Waals surface area contributed by atoms with Crippen molar-refractivity contribution in [3.63, 3.8) is 0 Å². The molecule has 0 saturated carbocycles. The van der Waals surface area contributed by atoms with Gasteiger partial charge in [-0.2, -0.15) is 0 Å². The molecule has 0 aliphatic heterocycles. The molecule has 20 heavy (non-hydrogen) atoms. The Balaban J connectivity index is 2.72. The summed E-state index contributed by atoms with van der Waals surface area (Å²) in [7, 11) is 1.57. The quantitative estimate of drug-likeness (QED) is 0.710. The van der Waals surface area contributed by atoms with E-state index in [1.54, 1.807) is 13.2 Å². The van der Waals surface area contributed by atoms with E-state index in [-0.39, 0.29) is 0 Å². The summed E-state index contributed by atoms with van der Waals surface area (Å²) in [6.45, 7) is 2.07. The van der Waals surface area contributed by atoms with Crippen molar-refractivity contribution in [1.82, 2.24) is 0 Å². The molecular weight excluding hydrogens is 340 g/mol. The fourth-order valence-corrected chi connectivity index (χ4v) is 2.79. The van der Waals surface area contributed by atoms with E-state index in [1.807, 2.05) is 24.3 Å². The summed E-state index contributed by atoms with van der Waals surface area (Å²) < 4.78 is 6.12. The van der Waals surface area contributed by atoms with Gasteiger partial charge in [0.15, 0.2) is 6.29 Å². The van der Waals surface area contributed by atoms with Gasteiger partial charge in [-0.25, -0.2) is 0 Å². The second-order valence-electron chi connectivity index (χ2n) is 4.36. The van der Waals surface area contributed by atoms with E-state index in [4.69, 9.17) is 16.3 Å². The average molecular weight is 354 g/mol. The Morgan fingerprint density at radius 2 is 2.00 bits per heavy atom. The molecule has 0 unspecified atom stereocenters. The van der Waals surface area contributed by atoms with E-state index in [9.17, 15) is 4.79 Å². The summed E-state index contributed by atoms with van der Waals surface area (Å²) in [5.41, 5.74) is 3.38. The third-order valence-electron chi connectivity index (χ3n) is 3.17. The maximum absolute atomic E-state index is 11.3. The van der Waals surface area contributed by atoms with Crippen LogP contribution in [0.2, 0.25) is 5.02 Å². The second kappa shape index (κ2) is 6.42. The molecule has 2 nitrogen and oxygen atoms in total. The van der Waals surface area contributed by atoms with Gasteiger partial charge in [-0.1, -0.05) is 52.7 Å². The molecule has 0 radical (unpaired) electrons. The molecule has 0 fully saturated rings. The van der Waals surface area contributed by atoms with Gasteiger partial charge in [-0.05, 0) is 29.7 Å². The molecule has 0 N–H and O–H groups in total. The lowest BCUT2D eigenvalue weighted by Crippen LogP contribution is -1.93. The first-order valence-electron chi connectivity index (χ1n) is 6.22. The lowest BCUT2D eigenvalue weighted by Gasteiger charge is -2.13. The van der Waals surface area contributed by atoms with Gasteiger partial charge in [0, 0.05) is 15.6 Å². The van der Waals surface area contributed by atoms with E-state index >= 15 is 0 Å². The van der Waals surface area contributed by atoms with Crippen LogP contribution in [-0.4, -0.2) is 13.4 Å². The predicted octanol–water partition coefficient (Wildman–Crippen LogP) is 5.15. The highest BCUT2D eigenvalue weighted by Gasteiger charge is 2.14. The van der Waals surface area contributed by atoms with Gasteiger partial charge in [0.05, 0.1) is 12.1 Å². The highest BCUT2D eigenvalue weighted by atomic mass is 79.9. The van der Waals surface area contributed by atoms with E-state index in [1.165, 1.54) is 0 Å². The maximum atomic E-state index is 11.3. The average Bonchev–Trinajstić information content (AvgIpc) is 2.48. The monoisotopic (exact) mass is 352 g/mol. The number of rotatable bonds is 4. The minimum atomic E-state index is 0.507. The smallest absolute Gasteiger partial charge is 0.150 e. The maximum Gasteiger partial charge on any atom is 0.150 e. The zero-order valence-corrected chi connectivity index (χ0v) is 13.6. The number of carbonyl (C=O) groups is 1. The molecule has 0 aromatic heterocycles. The van der Waals surface area contributed by atoms with Crippen molar-refractivity contribution in [2.75, 3.05) is 7.11 Å². The Morgan fingerprint density at radius 3 is 2.60 bits per heavy atom. The van der Waals surface area contributed by atoms with Crippen LogP contribution < -0.4 is 4.74 Å². The summed E-state index contributed by atoms with van der Waals surface area (Å²) in [4.78, 5) is 11.3. The number of halogens is 2. The van der Waals surface area contributed by atoms with Gasteiger partial charge in [0.25, 0.3) is 0 Å². The Bertz CT molecular complexity index is 653. The molecule has 2 aromatic rings. The zero-order valence-electron chi connectivity index (χ0n) is 11.2. The van der Waals surface area contributed by atoms with Gasteiger partial charge >= 0.3 is 0 Å². The van der Waals surface area contributed by atoms with Gasteiger partial charge in [-0.3, -0.25) is 4.79 Å². The van der Waals surface area contributed by atoms with Crippen LogP contribution in [0.25, 0.3) is 11.1 Å². The largest absolute Gasteiger partial charge is 0.495 e. The van der Waals surface area contributed by atoms with Gasteiger partial charge < -0.3 is 4.74 Å². The number of hydrogen-bond donors (Lipinski definition) is 0. The van der Waals surface area contributed by atoms with Crippen LogP contribution in [0.3, 0.4) is 0 Å². The fourth-order valence-electron chi connectivity index (χ4n) is 2.07. The molecule has 0 aliphatic rings. The Hall–Kier alpha value is -1.32. The molecule has 0 aliphatic carbocycles. The molecule has 0 bridgehead atoms. The number of ether oxygens (including phenoxy) is 1. The lowest BCUT2D eigenvalue weighted by molar-refractivity contribution is 0.112. The van der Waals surface area contributed by atoms with Crippen LogP contribution in [-0.2, 0) is 6.42 Å². The topological polar surface area (TPSA) is 26.3 Å². The number of hydrogen-bond acceptors (Lipinski definition) is 2. The molecular formula is C16H14BrClO2. The minimum Gasteiger partial charge on any atom is -0.495 e. The zero-order chi connectivity index (χ0) is 14.7. The van der Waals surface area contributed by atoms with E-state index in [0.29, 0.717) is 16.3 Å². The number of aldehydes is 1. The van der Waals surface area contributed by atoms with Crippen LogP contribution in [0.15, 0.2) is 34.8 Å². The molecule has 0 spiro atoms. The van der Waals surface area contributed by atoms with Crippen LogP contribution >= 0.6 is 27.5 Å². The first kappa shape index (κ1) is 15.1. The molecule has 4 heteroatoms. The van der Waals surface area contributed by atoms with Crippen molar-refractivity contribution >= 4 is 33.8 Å². The highest BCUT2D eigenvalue weighted by molar-refractivity contribution is 9.10. The molecule has 0 heterocycles. The molecule has 0 amide bonds. The minimum absolute atomic E-state index is 0.507. The Labute approximate surface area is 131 Å². The summed E-state index contributed by atoms with van der Waals surface area (Å²) in [6.07, 6.45) is 1.74. The SMILES string of the molecule is CCc1ccc(C=O)c(-c2cc(Br)cc(OC)c2Cl)c1. The summed E-state index contributed by atoms with van der Waals surface area (Å²) in [5.74, 6) is 0.579. The third kappa shape index (κ3) is 2.89. The number of aryl methyl sites for hydroxylation is 1. The summed E-state index contributed by atoms with van der Waals surface area (Å²) >= 11 is 9.82. The van der Waals surface area contributed by atoms with Crippen molar-refractivity contribution < 1.29 is 9.53 Å². The molecule has 104 valence electrons. The highest BCUT2D eigenvalue weighted by Crippen LogP contribution is 2.39. The molecule has 2 aromatic carbocycles.